The Bertz CT molecular complexity index is 1340. The number of ether oxygens (including phenoxy) is 3. The molecule has 0 saturated carbocycles. The molecule has 0 spiro atoms. The third kappa shape index (κ3) is 5.45. The minimum Gasteiger partial charge on any atom is -0.479 e. The van der Waals surface area contributed by atoms with Crippen molar-refractivity contribution in [1.82, 2.24) is 34.7 Å². The fraction of sp³-hybridized carbons (Fsp3) is 0.545. The minimum atomic E-state index is -4.01. The van der Waals surface area contributed by atoms with Gasteiger partial charge in [-0.3, -0.25) is 9.29 Å². The third-order valence-electron chi connectivity index (χ3n) is 6.31. The van der Waals surface area contributed by atoms with Crippen molar-refractivity contribution in [2.45, 2.75) is 56.8 Å². The molecule has 1 N–H and O–H groups in total. The van der Waals surface area contributed by atoms with Gasteiger partial charge in [-0.25, -0.2) is 18.4 Å². The van der Waals surface area contributed by atoms with Gasteiger partial charge in [0, 0.05) is 24.2 Å². The molecule has 0 aromatic carbocycles. The molecule has 200 valence electrons. The summed E-state index contributed by atoms with van der Waals surface area (Å²) in [4.78, 5) is 16.7. The molecule has 1 aliphatic rings. The molecule has 0 aliphatic carbocycles. The van der Waals surface area contributed by atoms with Crippen molar-refractivity contribution in [2.24, 2.45) is 0 Å². The molecule has 15 heteroatoms. The SMILES string of the molecule is COc1ncnc(OC)c1-n1c(NS(=O)(=O)[C@@H](C)[C@H](C)c2ncc(Cl)cn2)nnc1[C@@H]1COC(C)(C)C1. The lowest BCUT2D eigenvalue weighted by molar-refractivity contribution is 0.0360. The highest BCUT2D eigenvalue weighted by molar-refractivity contribution is 7.93. The lowest BCUT2D eigenvalue weighted by atomic mass is 9.97. The van der Waals surface area contributed by atoms with Gasteiger partial charge in [0.2, 0.25) is 27.7 Å². The molecule has 1 saturated heterocycles. The first kappa shape index (κ1) is 26.9. The summed E-state index contributed by atoms with van der Waals surface area (Å²) < 4.78 is 48.0. The summed E-state index contributed by atoms with van der Waals surface area (Å²) in [6.07, 6.45) is 4.77. The molecule has 3 aromatic heterocycles. The van der Waals surface area contributed by atoms with Gasteiger partial charge in [0.15, 0.2) is 5.69 Å². The van der Waals surface area contributed by atoms with E-state index in [-0.39, 0.29) is 34.9 Å². The average molecular weight is 553 g/mol. The number of anilines is 1. The number of hydrogen-bond acceptors (Lipinski definition) is 11. The van der Waals surface area contributed by atoms with Crippen LogP contribution in [0.15, 0.2) is 18.7 Å². The number of methoxy groups -OCH3 is 2. The Hall–Kier alpha value is -3.10. The van der Waals surface area contributed by atoms with Crippen LogP contribution in [0.25, 0.3) is 5.69 Å². The Morgan fingerprint density at radius 3 is 2.27 bits per heavy atom. The third-order valence-corrected chi connectivity index (χ3v) is 8.36. The van der Waals surface area contributed by atoms with Gasteiger partial charge < -0.3 is 14.2 Å². The molecule has 0 unspecified atom stereocenters. The Morgan fingerprint density at radius 1 is 1.11 bits per heavy atom. The van der Waals surface area contributed by atoms with Crippen LogP contribution >= 0.6 is 11.6 Å². The highest BCUT2D eigenvalue weighted by Crippen LogP contribution is 2.40. The summed E-state index contributed by atoms with van der Waals surface area (Å²) in [6.45, 7) is 7.61. The molecule has 0 radical (unpaired) electrons. The first-order valence-corrected chi connectivity index (χ1v) is 13.4. The predicted octanol–water partition coefficient (Wildman–Crippen LogP) is 2.73. The van der Waals surface area contributed by atoms with Crippen molar-refractivity contribution in [1.29, 1.82) is 0 Å². The number of rotatable bonds is 9. The summed E-state index contributed by atoms with van der Waals surface area (Å²) in [5.74, 6) is 0.297. The number of hydrogen-bond donors (Lipinski definition) is 1. The van der Waals surface area contributed by atoms with E-state index in [2.05, 4.69) is 34.9 Å². The van der Waals surface area contributed by atoms with Crippen molar-refractivity contribution in [2.75, 3.05) is 25.5 Å². The second kappa shape index (κ2) is 10.3. The monoisotopic (exact) mass is 552 g/mol. The summed E-state index contributed by atoms with van der Waals surface area (Å²) in [6, 6.07) is 0. The van der Waals surface area contributed by atoms with Crippen LogP contribution in [0.4, 0.5) is 5.95 Å². The highest BCUT2D eigenvalue weighted by Gasteiger charge is 2.39. The molecule has 0 bridgehead atoms. The molecule has 1 fully saturated rings. The van der Waals surface area contributed by atoms with Gasteiger partial charge >= 0.3 is 0 Å². The Labute approximate surface area is 220 Å². The zero-order valence-corrected chi connectivity index (χ0v) is 22.9. The molecule has 3 atom stereocenters. The van der Waals surface area contributed by atoms with Crippen molar-refractivity contribution in [3.05, 3.63) is 35.4 Å². The number of nitrogens with zero attached hydrogens (tertiary/aromatic N) is 7. The van der Waals surface area contributed by atoms with Crippen LogP contribution in [0.1, 0.15) is 57.6 Å². The van der Waals surface area contributed by atoms with Gasteiger partial charge in [-0.1, -0.05) is 18.5 Å². The van der Waals surface area contributed by atoms with Crippen LogP contribution in [-0.2, 0) is 14.8 Å². The van der Waals surface area contributed by atoms with E-state index in [0.717, 1.165) is 0 Å². The maximum atomic E-state index is 13.5. The van der Waals surface area contributed by atoms with E-state index in [9.17, 15) is 8.42 Å². The summed E-state index contributed by atoms with van der Waals surface area (Å²) in [7, 11) is -1.13. The standard InChI is InChI=1S/C22H29ClN8O5S/c1-12(17-24-8-15(23)9-25-17)13(2)37(32,33)30-21-29-28-18(14-7-22(3,4)36-10-14)31(21)16-19(34-5)26-11-27-20(16)35-6/h8-9,11-14H,7,10H2,1-6H3,(H,29,30)/t12-,13-,14-/m0/s1. The largest absolute Gasteiger partial charge is 0.479 e. The second-order valence-corrected chi connectivity index (χ2v) is 11.8. The summed E-state index contributed by atoms with van der Waals surface area (Å²) >= 11 is 5.88. The number of halogens is 1. The number of sulfonamides is 1. The Balaban J connectivity index is 1.78. The summed E-state index contributed by atoms with van der Waals surface area (Å²) in [5, 5.41) is 7.97. The Morgan fingerprint density at radius 2 is 1.73 bits per heavy atom. The van der Waals surface area contributed by atoms with Crippen LogP contribution in [0.5, 0.6) is 11.8 Å². The highest BCUT2D eigenvalue weighted by atomic mass is 35.5. The van der Waals surface area contributed by atoms with Gasteiger partial charge in [0.1, 0.15) is 18.0 Å². The molecule has 1 aliphatic heterocycles. The minimum absolute atomic E-state index is 0.0674. The van der Waals surface area contributed by atoms with Gasteiger partial charge in [0.25, 0.3) is 0 Å². The molecule has 37 heavy (non-hydrogen) atoms. The average Bonchev–Trinajstić information content (AvgIpc) is 3.44. The first-order chi connectivity index (χ1) is 17.5. The zero-order valence-electron chi connectivity index (χ0n) is 21.3. The fourth-order valence-electron chi connectivity index (χ4n) is 4.14. The van der Waals surface area contributed by atoms with Crippen LogP contribution in [0.3, 0.4) is 0 Å². The normalized spacial score (nSPS) is 18.8. The zero-order chi connectivity index (χ0) is 27.0. The lowest BCUT2D eigenvalue weighted by Gasteiger charge is -2.21. The predicted molar refractivity (Wildman–Crippen MR) is 135 cm³/mol. The van der Waals surface area contributed by atoms with Crippen molar-refractivity contribution >= 4 is 27.6 Å². The van der Waals surface area contributed by atoms with Gasteiger partial charge in [-0.05, 0) is 27.2 Å². The van der Waals surface area contributed by atoms with Gasteiger partial charge in [0.05, 0.1) is 36.7 Å². The molecule has 0 amide bonds. The molecular weight excluding hydrogens is 524 g/mol. The molecular formula is C22H29ClN8O5S. The smallest absolute Gasteiger partial charge is 0.245 e. The molecule has 4 rings (SSSR count). The molecule has 13 nitrogen and oxygen atoms in total. The van der Waals surface area contributed by atoms with Crippen molar-refractivity contribution < 1.29 is 22.6 Å². The fourth-order valence-corrected chi connectivity index (χ4v) is 5.47. The van der Waals surface area contributed by atoms with E-state index in [1.54, 1.807) is 13.8 Å². The lowest BCUT2D eigenvalue weighted by Crippen LogP contribution is -2.31. The Kier molecular flexibility index (Phi) is 7.53. The van der Waals surface area contributed by atoms with Gasteiger partial charge in [-0.15, -0.1) is 10.2 Å². The van der Waals surface area contributed by atoms with E-state index < -0.39 is 21.2 Å². The number of aromatic nitrogens is 7. The van der Waals surface area contributed by atoms with E-state index in [4.69, 9.17) is 25.8 Å². The first-order valence-electron chi connectivity index (χ1n) is 11.5. The van der Waals surface area contributed by atoms with E-state index in [0.29, 0.717) is 29.7 Å². The van der Waals surface area contributed by atoms with E-state index >= 15 is 0 Å². The second-order valence-electron chi connectivity index (χ2n) is 9.33. The van der Waals surface area contributed by atoms with Gasteiger partial charge in [-0.2, -0.15) is 9.97 Å². The van der Waals surface area contributed by atoms with Crippen molar-refractivity contribution in [3.63, 3.8) is 0 Å². The van der Waals surface area contributed by atoms with Crippen LogP contribution in [0.2, 0.25) is 5.02 Å². The maximum absolute atomic E-state index is 13.5. The topological polar surface area (TPSA) is 156 Å². The van der Waals surface area contributed by atoms with E-state index in [1.165, 1.54) is 37.5 Å². The maximum Gasteiger partial charge on any atom is 0.245 e. The molecule has 4 heterocycles. The van der Waals surface area contributed by atoms with E-state index in [1.807, 2.05) is 13.8 Å². The van der Waals surface area contributed by atoms with Crippen LogP contribution in [0, 0.1) is 0 Å². The molecule has 3 aromatic rings. The van der Waals surface area contributed by atoms with Crippen LogP contribution < -0.4 is 14.2 Å². The number of nitrogens with one attached hydrogen (secondary N) is 1. The van der Waals surface area contributed by atoms with Crippen LogP contribution in [-0.4, -0.2) is 74.8 Å². The quantitative estimate of drug-likeness (QED) is 0.416. The summed E-state index contributed by atoms with van der Waals surface area (Å²) in [5.41, 5.74) is -0.123. The van der Waals surface area contributed by atoms with Crippen molar-refractivity contribution in [3.8, 4) is 17.4 Å².